The Kier molecular flexibility index (Phi) is 16.1. The lowest BCUT2D eigenvalue weighted by atomic mass is 10.1. The molecule has 0 saturated carbocycles. The van der Waals surface area contributed by atoms with Crippen LogP contribution in [0.4, 0.5) is 0 Å². The average Bonchev–Trinajstić information content (AvgIpc) is 2.89. The Morgan fingerprint density at radius 3 is 1.31 bits per heavy atom. The maximum absolute atomic E-state index is 5.88. The lowest BCUT2D eigenvalue weighted by molar-refractivity contribution is 0.293. The molecule has 0 amide bonds. The lowest BCUT2D eigenvalue weighted by Gasteiger charge is -2.07. The third-order valence-electron chi connectivity index (χ3n) is 5.85. The summed E-state index contributed by atoms with van der Waals surface area (Å²) in [4.78, 5) is 8.97. The number of benzene rings is 2. The minimum absolute atomic E-state index is 0.773. The minimum Gasteiger partial charge on any atom is -0.494 e. The number of hydrogen-bond donors (Lipinski definition) is 0. The van der Waals surface area contributed by atoms with Crippen molar-refractivity contribution in [1.82, 2.24) is 0 Å². The normalized spacial score (nSPS) is 11.5. The van der Waals surface area contributed by atoms with E-state index in [9.17, 15) is 0 Å². The Balaban J connectivity index is 1.46. The average molecular weight is 479 g/mol. The van der Waals surface area contributed by atoms with Crippen LogP contribution < -0.4 is 9.47 Å². The van der Waals surface area contributed by atoms with Gasteiger partial charge in [0, 0.05) is 25.5 Å². The highest BCUT2D eigenvalue weighted by molar-refractivity contribution is 5.80. The summed E-state index contributed by atoms with van der Waals surface area (Å²) in [6, 6.07) is 16.5. The van der Waals surface area contributed by atoms with Gasteiger partial charge in [-0.1, -0.05) is 58.8 Å². The van der Waals surface area contributed by atoms with E-state index in [2.05, 4.69) is 48.1 Å². The zero-order valence-electron chi connectivity index (χ0n) is 22.1. The van der Waals surface area contributed by atoms with E-state index < -0.39 is 0 Å². The van der Waals surface area contributed by atoms with Crippen LogP contribution in [0.25, 0.3) is 0 Å². The van der Waals surface area contributed by atoms with Crippen molar-refractivity contribution in [2.75, 3.05) is 26.3 Å². The fourth-order valence-corrected chi connectivity index (χ4v) is 3.66. The van der Waals surface area contributed by atoms with Crippen molar-refractivity contribution in [1.29, 1.82) is 0 Å². The molecular weight excluding hydrogens is 432 g/mol. The molecule has 0 aliphatic heterocycles. The summed E-state index contributed by atoms with van der Waals surface area (Å²) in [5.74, 6) is 1.88. The van der Waals surface area contributed by atoms with Gasteiger partial charge >= 0.3 is 0 Å². The van der Waals surface area contributed by atoms with E-state index in [4.69, 9.17) is 9.47 Å². The number of hydrogen-bond acceptors (Lipinski definition) is 4. The first kappa shape index (κ1) is 28.6. The van der Waals surface area contributed by atoms with Crippen molar-refractivity contribution in [3.05, 3.63) is 59.7 Å². The highest BCUT2D eigenvalue weighted by atomic mass is 16.5. The maximum atomic E-state index is 5.88. The molecule has 0 N–H and O–H groups in total. The summed E-state index contributed by atoms with van der Waals surface area (Å²) < 4.78 is 11.8. The fourth-order valence-electron chi connectivity index (χ4n) is 3.66. The molecule has 0 aliphatic rings. The zero-order valence-corrected chi connectivity index (χ0v) is 22.1. The van der Waals surface area contributed by atoms with E-state index in [-0.39, 0.29) is 0 Å². The molecule has 0 bridgehead atoms. The van der Waals surface area contributed by atoms with Crippen LogP contribution >= 0.6 is 0 Å². The molecule has 4 heteroatoms. The quantitative estimate of drug-likeness (QED) is 0.142. The molecule has 4 nitrogen and oxygen atoms in total. The van der Waals surface area contributed by atoms with Crippen LogP contribution in [0.1, 0.15) is 95.6 Å². The Bertz CT molecular complexity index is 743. The Hall–Kier alpha value is -2.62. The summed E-state index contributed by atoms with van der Waals surface area (Å²) >= 11 is 0. The molecule has 0 radical (unpaired) electrons. The number of aliphatic imine (C=N–C) groups is 2. The summed E-state index contributed by atoms with van der Waals surface area (Å²) in [5.41, 5.74) is 2.28. The van der Waals surface area contributed by atoms with Crippen molar-refractivity contribution < 1.29 is 9.47 Å². The predicted octanol–water partition coefficient (Wildman–Crippen LogP) is 8.31. The van der Waals surface area contributed by atoms with Gasteiger partial charge in [-0.25, -0.2) is 0 Å². The first-order valence-corrected chi connectivity index (χ1v) is 13.8. The molecule has 192 valence electrons. The van der Waals surface area contributed by atoms with Gasteiger partial charge in [-0.15, -0.1) is 0 Å². The largest absolute Gasteiger partial charge is 0.494 e. The van der Waals surface area contributed by atoms with Crippen LogP contribution in [0.2, 0.25) is 0 Å². The van der Waals surface area contributed by atoms with Gasteiger partial charge in [0.2, 0.25) is 0 Å². The number of unbranched alkanes of at least 4 members (excludes halogenated alkanes) is 8. The second-order valence-corrected chi connectivity index (χ2v) is 9.09. The van der Waals surface area contributed by atoms with Crippen LogP contribution in [-0.4, -0.2) is 38.7 Å². The smallest absolute Gasteiger partial charge is 0.119 e. The van der Waals surface area contributed by atoms with E-state index in [1.807, 2.05) is 36.7 Å². The standard InChI is InChI=1S/C31H46N2O2/c1-3-5-10-22-32-26-28-14-18-30(19-15-28)34-24-12-8-7-9-13-25-35-31-20-16-29(17-21-31)27-33-23-11-6-4-2/h14-21,26-27H,3-13,22-25H2,1-2H3. The predicted molar refractivity (Wildman–Crippen MR) is 151 cm³/mol. The first-order valence-electron chi connectivity index (χ1n) is 13.8. The highest BCUT2D eigenvalue weighted by Crippen LogP contribution is 2.14. The molecule has 2 aromatic carbocycles. The van der Waals surface area contributed by atoms with Crippen LogP contribution in [0, 0.1) is 0 Å². The summed E-state index contributed by atoms with van der Waals surface area (Å²) in [6.07, 6.45) is 17.0. The third kappa shape index (κ3) is 14.4. The van der Waals surface area contributed by atoms with Gasteiger partial charge in [0.05, 0.1) is 13.2 Å². The van der Waals surface area contributed by atoms with Crippen molar-refractivity contribution in [2.45, 2.75) is 84.5 Å². The van der Waals surface area contributed by atoms with Crippen LogP contribution in [0.15, 0.2) is 58.5 Å². The number of nitrogens with zero attached hydrogens (tertiary/aromatic N) is 2. The van der Waals surface area contributed by atoms with Gasteiger partial charge in [0.15, 0.2) is 0 Å². The van der Waals surface area contributed by atoms with E-state index in [0.29, 0.717) is 0 Å². The lowest BCUT2D eigenvalue weighted by Crippen LogP contribution is -1.99. The molecule has 0 aliphatic carbocycles. The molecular formula is C31H46N2O2. The summed E-state index contributed by atoms with van der Waals surface area (Å²) in [7, 11) is 0. The SMILES string of the molecule is CCCCCN=Cc1ccc(OCCCCCCCOc2ccc(C=NCCCCC)cc2)cc1. The monoisotopic (exact) mass is 478 g/mol. The van der Waals surface area contributed by atoms with Crippen molar-refractivity contribution in [3.63, 3.8) is 0 Å². The minimum atomic E-state index is 0.773. The van der Waals surface area contributed by atoms with E-state index in [1.54, 1.807) is 0 Å². The second kappa shape index (κ2) is 19.7. The van der Waals surface area contributed by atoms with E-state index in [1.165, 1.54) is 57.8 Å². The van der Waals surface area contributed by atoms with Gasteiger partial charge in [0.25, 0.3) is 0 Å². The molecule has 0 spiro atoms. The fraction of sp³-hybridized carbons (Fsp3) is 0.548. The van der Waals surface area contributed by atoms with Gasteiger partial charge < -0.3 is 9.47 Å². The van der Waals surface area contributed by atoms with Crippen LogP contribution in [0.3, 0.4) is 0 Å². The Morgan fingerprint density at radius 1 is 0.514 bits per heavy atom. The van der Waals surface area contributed by atoms with Gasteiger partial charge in [0.1, 0.15) is 11.5 Å². The van der Waals surface area contributed by atoms with E-state index >= 15 is 0 Å². The van der Waals surface area contributed by atoms with Gasteiger partial charge in [-0.3, -0.25) is 9.98 Å². The van der Waals surface area contributed by atoms with Gasteiger partial charge in [-0.2, -0.15) is 0 Å². The molecule has 0 fully saturated rings. The van der Waals surface area contributed by atoms with Crippen molar-refractivity contribution >= 4 is 12.4 Å². The molecule has 2 rings (SSSR count). The Morgan fingerprint density at radius 2 is 0.914 bits per heavy atom. The summed E-state index contributed by atoms with van der Waals surface area (Å²) in [5, 5.41) is 0. The Labute approximate surface area is 213 Å². The van der Waals surface area contributed by atoms with E-state index in [0.717, 1.165) is 61.8 Å². The zero-order chi connectivity index (χ0) is 24.8. The molecule has 0 heterocycles. The second-order valence-electron chi connectivity index (χ2n) is 9.09. The number of rotatable bonds is 20. The third-order valence-corrected chi connectivity index (χ3v) is 5.85. The summed E-state index contributed by atoms with van der Waals surface area (Å²) in [6.45, 7) is 7.81. The van der Waals surface area contributed by atoms with Crippen LogP contribution in [0.5, 0.6) is 11.5 Å². The van der Waals surface area contributed by atoms with Gasteiger partial charge in [-0.05, 0) is 85.3 Å². The molecule has 35 heavy (non-hydrogen) atoms. The van der Waals surface area contributed by atoms with Crippen molar-refractivity contribution in [3.8, 4) is 11.5 Å². The first-order chi connectivity index (χ1) is 17.3. The van der Waals surface area contributed by atoms with Crippen molar-refractivity contribution in [2.24, 2.45) is 9.98 Å². The molecule has 0 saturated heterocycles. The molecule has 0 atom stereocenters. The number of ether oxygens (including phenoxy) is 2. The molecule has 0 aromatic heterocycles. The van der Waals surface area contributed by atoms with Crippen LogP contribution in [-0.2, 0) is 0 Å². The molecule has 2 aromatic rings. The highest BCUT2D eigenvalue weighted by Gasteiger charge is 1.97. The topological polar surface area (TPSA) is 43.2 Å². The molecule has 0 unspecified atom stereocenters. The maximum Gasteiger partial charge on any atom is 0.119 e.